The number of fused-ring (bicyclic) bond motifs is 1. The maximum atomic E-state index is 13.0. The monoisotopic (exact) mass is 402 g/mol. The number of nitrogens with zero attached hydrogens (tertiary/aromatic N) is 2. The standard InChI is InChI=1S/C24H26N4O2/c1-16-11-13-18(14-12-16)22(25-17(2)29)15-23(30)26-24-20-9-6-10-21(20)27-28(24)19-7-4-3-5-8-19/h3-5,7-8,11-14,22H,6,9-10,15H2,1-2H3,(H,25,29)(H,26,30)/t22-/m1/s1. The Morgan fingerprint density at radius 1 is 1.07 bits per heavy atom. The molecule has 0 radical (unpaired) electrons. The number of aryl methyl sites for hydroxylation is 2. The second-order valence-corrected chi connectivity index (χ2v) is 7.79. The molecule has 2 N–H and O–H groups in total. The lowest BCUT2D eigenvalue weighted by Gasteiger charge is -2.19. The fraction of sp³-hybridized carbons (Fsp3) is 0.292. The molecule has 0 fully saturated rings. The molecule has 1 heterocycles. The van der Waals surface area contributed by atoms with Crippen molar-refractivity contribution in [3.8, 4) is 5.69 Å². The zero-order valence-electron chi connectivity index (χ0n) is 17.3. The van der Waals surface area contributed by atoms with E-state index in [2.05, 4.69) is 10.6 Å². The number of nitrogens with one attached hydrogen (secondary N) is 2. The molecule has 0 unspecified atom stereocenters. The Morgan fingerprint density at radius 2 is 1.80 bits per heavy atom. The zero-order valence-corrected chi connectivity index (χ0v) is 17.3. The first kappa shape index (κ1) is 19.9. The van der Waals surface area contributed by atoms with E-state index in [1.807, 2.05) is 66.2 Å². The summed E-state index contributed by atoms with van der Waals surface area (Å²) >= 11 is 0. The molecule has 0 saturated heterocycles. The molecular formula is C24H26N4O2. The minimum absolute atomic E-state index is 0.150. The molecule has 0 aliphatic heterocycles. The molecule has 0 spiro atoms. The molecule has 1 aromatic heterocycles. The molecule has 1 atom stereocenters. The third-order valence-electron chi connectivity index (χ3n) is 5.41. The van der Waals surface area contributed by atoms with Crippen molar-refractivity contribution in [3.63, 3.8) is 0 Å². The molecule has 6 nitrogen and oxygen atoms in total. The van der Waals surface area contributed by atoms with Crippen molar-refractivity contribution in [2.45, 2.75) is 45.6 Å². The van der Waals surface area contributed by atoms with Gasteiger partial charge in [-0.25, -0.2) is 4.68 Å². The van der Waals surface area contributed by atoms with E-state index in [-0.39, 0.29) is 24.3 Å². The summed E-state index contributed by atoms with van der Waals surface area (Å²) in [5, 5.41) is 10.7. The van der Waals surface area contributed by atoms with Gasteiger partial charge in [0.1, 0.15) is 5.82 Å². The van der Waals surface area contributed by atoms with Gasteiger partial charge < -0.3 is 10.6 Å². The van der Waals surface area contributed by atoms with Crippen LogP contribution in [-0.4, -0.2) is 21.6 Å². The fourth-order valence-electron chi connectivity index (χ4n) is 3.94. The SMILES string of the molecule is CC(=O)N[C@H](CC(=O)Nc1c2c(nn1-c1ccccc1)CCC2)c1ccc(C)cc1. The highest BCUT2D eigenvalue weighted by molar-refractivity contribution is 5.92. The molecule has 154 valence electrons. The number of benzene rings is 2. The Hall–Kier alpha value is -3.41. The number of amides is 2. The summed E-state index contributed by atoms with van der Waals surface area (Å²) in [5.41, 5.74) is 5.11. The van der Waals surface area contributed by atoms with Crippen LogP contribution in [0.2, 0.25) is 0 Å². The number of carbonyl (C=O) groups excluding carboxylic acids is 2. The number of rotatable bonds is 6. The highest BCUT2D eigenvalue weighted by Gasteiger charge is 2.25. The highest BCUT2D eigenvalue weighted by Crippen LogP contribution is 2.31. The van der Waals surface area contributed by atoms with Crippen molar-refractivity contribution in [2.24, 2.45) is 0 Å². The molecule has 30 heavy (non-hydrogen) atoms. The summed E-state index contributed by atoms with van der Waals surface area (Å²) in [7, 11) is 0. The Kier molecular flexibility index (Phi) is 5.65. The summed E-state index contributed by atoms with van der Waals surface area (Å²) in [6.07, 6.45) is 3.03. The van der Waals surface area contributed by atoms with Gasteiger partial charge in [-0.2, -0.15) is 5.10 Å². The smallest absolute Gasteiger partial charge is 0.227 e. The van der Waals surface area contributed by atoms with Gasteiger partial charge in [-0.1, -0.05) is 48.0 Å². The number of para-hydroxylation sites is 1. The Morgan fingerprint density at radius 3 is 2.50 bits per heavy atom. The van der Waals surface area contributed by atoms with Crippen LogP contribution in [0.5, 0.6) is 0 Å². The first-order chi connectivity index (χ1) is 14.5. The van der Waals surface area contributed by atoms with Crippen LogP contribution in [0.3, 0.4) is 0 Å². The highest BCUT2D eigenvalue weighted by atomic mass is 16.2. The zero-order chi connectivity index (χ0) is 21.1. The maximum Gasteiger partial charge on any atom is 0.227 e. The lowest BCUT2D eigenvalue weighted by atomic mass is 10.0. The van der Waals surface area contributed by atoms with Crippen molar-refractivity contribution in [3.05, 3.63) is 77.0 Å². The van der Waals surface area contributed by atoms with Crippen LogP contribution in [0.4, 0.5) is 5.82 Å². The lowest BCUT2D eigenvalue weighted by molar-refractivity contribution is -0.120. The van der Waals surface area contributed by atoms with Crippen molar-refractivity contribution in [2.75, 3.05) is 5.32 Å². The van der Waals surface area contributed by atoms with E-state index in [9.17, 15) is 9.59 Å². The first-order valence-electron chi connectivity index (χ1n) is 10.3. The summed E-state index contributed by atoms with van der Waals surface area (Å²) in [6.45, 7) is 3.48. The predicted octanol–water partition coefficient (Wildman–Crippen LogP) is 3.88. The van der Waals surface area contributed by atoms with Crippen LogP contribution in [0.25, 0.3) is 5.69 Å². The largest absolute Gasteiger partial charge is 0.349 e. The average Bonchev–Trinajstić information content (AvgIpc) is 3.31. The number of anilines is 1. The van der Waals surface area contributed by atoms with E-state index < -0.39 is 0 Å². The van der Waals surface area contributed by atoms with Gasteiger partial charge in [0.2, 0.25) is 11.8 Å². The molecular weight excluding hydrogens is 376 g/mol. The van der Waals surface area contributed by atoms with Gasteiger partial charge in [0.15, 0.2) is 0 Å². The number of hydrogen-bond acceptors (Lipinski definition) is 3. The fourth-order valence-corrected chi connectivity index (χ4v) is 3.94. The second kappa shape index (κ2) is 8.53. The van der Waals surface area contributed by atoms with Crippen LogP contribution >= 0.6 is 0 Å². The second-order valence-electron chi connectivity index (χ2n) is 7.79. The van der Waals surface area contributed by atoms with E-state index in [0.717, 1.165) is 53.2 Å². The summed E-state index contributed by atoms with van der Waals surface area (Å²) in [5.74, 6) is 0.425. The molecule has 0 bridgehead atoms. The molecule has 4 rings (SSSR count). The third kappa shape index (κ3) is 4.27. The van der Waals surface area contributed by atoms with E-state index in [1.54, 1.807) is 0 Å². The van der Waals surface area contributed by atoms with Gasteiger partial charge in [0.05, 0.1) is 23.8 Å². The maximum absolute atomic E-state index is 13.0. The van der Waals surface area contributed by atoms with E-state index in [1.165, 1.54) is 6.92 Å². The molecule has 1 aliphatic rings. The van der Waals surface area contributed by atoms with Crippen LogP contribution in [0, 0.1) is 6.92 Å². The Labute approximate surface area is 176 Å². The molecule has 2 aromatic carbocycles. The number of carbonyl (C=O) groups is 2. The number of hydrogen-bond donors (Lipinski definition) is 2. The van der Waals surface area contributed by atoms with Gasteiger partial charge >= 0.3 is 0 Å². The van der Waals surface area contributed by atoms with Crippen molar-refractivity contribution < 1.29 is 9.59 Å². The number of aromatic nitrogens is 2. The van der Waals surface area contributed by atoms with Crippen molar-refractivity contribution >= 4 is 17.6 Å². The molecule has 0 saturated carbocycles. The van der Waals surface area contributed by atoms with Gasteiger partial charge in [0, 0.05) is 12.5 Å². The molecule has 3 aromatic rings. The third-order valence-corrected chi connectivity index (χ3v) is 5.41. The quantitative estimate of drug-likeness (QED) is 0.657. The van der Waals surface area contributed by atoms with E-state index >= 15 is 0 Å². The van der Waals surface area contributed by atoms with Crippen LogP contribution in [0.1, 0.15) is 48.2 Å². The van der Waals surface area contributed by atoms with Crippen molar-refractivity contribution in [1.29, 1.82) is 0 Å². The Balaban J connectivity index is 1.58. The minimum atomic E-state index is -0.385. The Bertz CT molecular complexity index is 1050. The van der Waals surface area contributed by atoms with Crippen LogP contribution < -0.4 is 10.6 Å². The molecule has 1 aliphatic carbocycles. The molecule has 2 amide bonds. The van der Waals surface area contributed by atoms with Crippen molar-refractivity contribution in [1.82, 2.24) is 15.1 Å². The lowest BCUT2D eigenvalue weighted by Crippen LogP contribution is -2.30. The van der Waals surface area contributed by atoms with Gasteiger partial charge in [-0.3, -0.25) is 9.59 Å². The summed E-state index contributed by atoms with van der Waals surface area (Å²) in [6, 6.07) is 17.3. The summed E-state index contributed by atoms with van der Waals surface area (Å²) < 4.78 is 1.82. The van der Waals surface area contributed by atoms with E-state index in [4.69, 9.17) is 5.10 Å². The predicted molar refractivity (Wildman–Crippen MR) is 117 cm³/mol. The normalized spacial score (nSPS) is 13.5. The van der Waals surface area contributed by atoms with Gasteiger partial charge in [0.25, 0.3) is 0 Å². The summed E-state index contributed by atoms with van der Waals surface area (Å²) in [4.78, 5) is 24.8. The van der Waals surface area contributed by atoms with Crippen LogP contribution in [-0.2, 0) is 22.4 Å². The van der Waals surface area contributed by atoms with Crippen LogP contribution in [0.15, 0.2) is 54.6 Å². The van der Waals surface area contributed by atoms with Gasteiger partial charge in [-0.05, 0) is 43.9 Å². The van der Waals surface area contributed by atoms with E-state index in [0.29, 0.717) is 0 Å². The average molecular weight is 402 g/mol. The minimum Gasteiger partial charge on any atom is -0.349 e. The topological polar surface area (TPSA) is 76.0 Å². The van der Waals surface area contributed by atoms with Gasteiger partial charge in [-0.15, -0.1) is 0 Å². The first-order valence-corrected chi connectivity index (χ1v) is 10.3. The molecule has 6 heteroatoms.